The Hall–Kier alpha value is -1.55. The summed E-state index contributed by atoms with van der Waals surface area (Å²) in [6.07, 6.45) is 4.49. The molecule has 1 aliphatic rings. The van der Waals surface area contributed by atoms with Crippen molar-refractivity contribution >= 4 is 11.5 Å². The first-order chi connectivity index (χ1) is 7.34. The molecule has 0 aromatic carbocycles. The van der Waals surface area contributed by atoms with Crippen LogP contribution in [0.15, 0.2) is 24.4 Å². The van der Waals surface area contributed by atoms with E-state index in [-0.39, 0.29) is 0 Å². The Bertz CT molecular complexity index is 484. The first-order valence-corrected chi connectivity index (χ1v) is 5.29. The maximum Gasteiger partial charge on any atom is 0.138 e. The number of rotatable bonds is 3. The van der Waals surface area contributed by atoms with Crippen molar-refractivity contribution in [2.45, 2.75) is 25.4 Å². The molecule has 1 saturated carbocycles. The number of aromatic nitrogens is 2. The molecular weight excluding hydrogens is 188 g/mol. The molecule has 78 valence electrons. The van der Waals surface area contributed by atoms with Crippen molar-refractivity contribution in [2.24, 2.45) is 0 Å². The van der Waals surface area contributed by atoms with E-state index in [1.54, 1.807) is 0 Å². The summed E-state index contributed by atoms with van der Waals surface area (Å²) in [4.78, 5) is 4.32. The van der Waals surface area contributed by atoms with E-state index in [9.17, 15) is 0 Å². The van der Waals surface area contributed by atoms with Crippen LogP contribution in [0.2, 0.25) is 0 Å². The van der Waals surface area contributed by atoms with Gasteiger partial charge < -0.3 is 11.1 Å². The molecule has 0 radical (unpaired) electrons. The van der Waals surface area contributed by atoms with Crippen LogP contribution in [0.4, 0.5) is 5.82 Å². The molecule has 0 bridgehead atoms. The van der Waals surface area contributed by atoms with Crippen molar-refractivity contribution in [1.29, 1.82) is 0 Å². The third kappa shape index (κ3) is 1.57. The smallest absolute Gasteiger partial charge is 0.138 e. The van der Waals surface area contributed by atoms with Gasteiger partial charge in [-0.25, -0.2) is 4.98 Å². The summed E-state index contributed by atoms with van der Waals surface area (Å²) in [5, 5.41) is 3.46. The van der Waals surface area contributed by atoms with Gasteiger partial charge in [0.15, 0.2) is 0 Å². The number of nitrogens with one attached hydrogen (secondary N) is 1. The molecule has 0 amide bonds. The zero-order valence-corrected chi connectivity index (χ0v) is 8.48. The summed E-state index contributed by atoms with van der Waals surface area (Å²) in [7, 11) is 0. The zero-order valence-electron chi connectivity index (χ0n) is 8.48. The van der Waals surface area contributed by atoms with Crippen molar-refractivity contribution in [3.63, 3.8) is 0 Å². The maximum absolute atomic E-state index is 5.92. The predicted octanol–water partition coefficient (Wildman–Crippen LogP) is 1.17. The first kappa shape index (κ1) is 8.73. The zero-order chi connectivity index (χ0) is 10.3. The minimum Gasteiger partial charge on any atom is -0.385 e. The van der Waals surface area contributed by atoms with E-state index in [1.165, 1.54) is 12.8 Å². The standard InChI is InChI=1S/C11H14N4/c12-10-2-1-3-11-14-7-9(15(10)11)6-13-8-4-5-8/h1-3,7-8,13H,4-6,12H2. The van der Waals surface area contributed by atoms with Gasteiger partial charge in [-0.3, -0.25) is 4.40 Å². The highest BCUT2D eigenvalue weighted by Crippen LogP contribution is 2.20. The van der Waals surface area contributed by atoms with Crippen LogP contribution in [-0.2, 0) is 6.54 Å². The third-order valence-electron chi connectivity index (χ3n) is 2.78. The van der Waals surface area contributed by atoms with Gasteiger partial charge in [0.05, 0.1) is 11.9 Å². The van der Waals surface area contributed by atoms with E-state index >= 15 is 0 Å². The number of pyridine rings is 1. The molecule has 2 heterocycles. The van der Waals surface area contributed by atoms with Gasteiger partial charge in [-0.05, 0) is 25.0 Å². The van der Waals surface area contributed by atoms with E-state index in [0.717, 1.165) is 23.7 Å². The molecule has 0 aliphatic heterocycles. The fraction of sp³-hybridized carbons (Fsp3) is 0.364. The van der Waals surface area contributed by atoms with Crippen LogP contribution >= 0.6 is 0 Å². The van der Waals surface area contributed by atoms with Crippen LogP contribution < -0.4 is 11.1 Å². The number of hydrogen-bond acceptors (Lipinski definition) is 3. The van der Waals surface area contributed by atoms with Crippen LogP contribution in [0.1, 0.15) is 18.5 Å². The lowest BCUT2D eigenvalue weighted by Gasteiger charge is -2.05. The molecule has 4 heteroatoms. The molecule has 15 heavy (non-hydrogen) atoms. The average Bonchev–Trinajstić information content (AvgIpc) is 2.96. The Balaban J connectivity index is 1.94. The van der Waals surface area contributed by atoms with E-state index in [1.807, 2.05) is 28.8 Å². The molecule has 3 N–H and O–H groups in total. The molecule has 0 unspecified atom stereocenters. The van der Waals surface area contributed by atoms with Crippen molar-refractivity contribution in [2.75, 3.05) is 5.73 Å². The lowest BCUT2D eigenvalue weighted by Crippen LogP contribution is -2.17. The number of imidazole rings is 1. The van der Waals surface area contributed by atoms with Crippen molar-refractivity contribution in [3.05, 3.63) is 30.1 Å². The number of nitrogens with two attached hydrogens (primary N) is 1. The van der Waals surface area contributed by atoms with E-state index in [2.05, 4.69) is 10.3 Å². The number of nitrogen functional groups attached to an aromatic ring is 1. The molecule has 0 saturated heterocycles. The SMILES string of the molecule is Nc1cccc2ncc(CNC3CC3)n12. The molecule has 1 aliphatic carbocycles. The molecule has 0 atom stereocenters. The highest BCUT2D eigenvalue weighted by atomic mass is 15.1. The number of fused-ring (bicyclic) bond motifs is 1. The highest BCUT2D eigenvalue weighted by Gasteiger charge is 2.20. The van der Waals surface area contributed by atoms with E-state index in [0.29, 0.717) is 6.04 Å². The normalized spacial score (nSPS) is 16.0. The molecule has 1 fully saturated rings. The van der Waals surface area contributed by atoms with Crippen LogP contribution in [0.25, 0.3) is 5.65 Å². The largest absolute Gasteiger partial charge is 0.385 e. The Morgan fingerprint density at radius 2 is 2.33 bits per heavy atom. The predicted molar refractivity (Wildman–Crippen MR) is 59.5 cm³/mol. The monoisotopic (exact) mass is 202 g/mol. The summed E-state index contributed by atoms with van der Waals surface area (Å²) >= 11 is 0. The molecule has 2 aromatic rings. The third-order valence-corrected chi connectivity index (χ3v) is 2.78. The van der Waals surface area contributed by atoms with Gasteiger partial charge in [-0.2, -0.15) is 0 Å². The lowest BCUT2D eigenvalue weighted by molar-refractivity contribution is 0.671. The number of hydrogen-bond donors (Lipinski definition) is 2. The van der Waals surface area contributed by atoms with E-state index < -0.39 is 0 Å². The summed E-state index contributed by atoms with van der Waals surface area (Å²) < 4.78 is 2.00. The van der Waals surface area contributed by atoms with Crippen LogP contribution in [0, 0.1) is 0 Å². The topological polar surface area (TPSA) is 55.3 Å². The lowest BCUT2D eigenvalue weighted by atomic mass is 10.4. The van der Waals surface area contributed by atoms with Gasteiger partial charge in [0, 0.05) is 12.6 Å². The number of anilines is 1. The van der Waals surface area contributed by atoms with E-state index in [4.69, 9.17) is 5.73 Å². The van der Waals surface area contributed by atoms with Gasteiger partial charge >= 0.3 is 0 Å². The van der Waals surface area contributed by atoms with Crippen molar-refractivity contribution < 1.29 is 0 Å². The molecule has 0 spiro atoms. The first-order valence-electron chi connectivity index (χ1n) is 5.29. The van der Waals surface area contributed by atoms with Crippen LogP contribution in [-0.4, -0.2) is 15.4 Å². The van der Waals surface area contributed by atoms with Crippen molar-refractivity contribution in [1.82, 2.24) is 14.7 Å². The summed E-state index contributed by atoms with van der Waals surface area (Å²) in [5.41, 5.74) is 7.97. The summed E-state index contributed by atoms with van der Waals surface area (Å²) in [6.45, 7) is 0.847. The molecule has 4 nitrogen and oxygen atoms in total. The van der Waals surface area contributed by atoms with Gasteiger partial charge in [-0.15, -0.1) is 0 Å². The fourth-order valence-corrected chi connectivity index (χ4v) is 1.79. The average molecular weight is 202 g/mol. The summed E-state index contributed by atoms with van der Waals surface area (Å²) in [5.74, 6) is 0.748. The Morgan fingerprint density at radius 1 is 1.47 bits per heavy atom. The maximum atomic E-state index is 5.92. The van der Waals surface area contributed by atoms with Gasteiger partial charge in [-0.1, -0.05) is 6.07 Å². The summed E-state index contributed by atoms with van der Waals surface area (Å²) in [6, 6.07) is 6.50. The minimum absolute atomic E-state index is 0.709. The minimum atomic E-state index is 0.709. The van der Waals surface area contributed by atoms with Crippen LogP contribution in [0.5, 0.6) is 0 Å². The molecule has 2 aromatic heterocycles. The van der Waals surface area contributed by atoms with Crippen molar-refractivity contribution in [3.8, 4) is 0 Å². The quantitative estimate of drug-likeness (QED) is 0.785. The highest BCUT2D eigenvalue weighted by molar-refractivity contribution is 5.49. The Kier molecular flexibility index (Phi) is 1.89. The second-order valence-electron chi connectivity index (χ2n) is 4.05. The van der Waals surface area contributed by atoms with Gasteiger partial charge in [0.1, 0.15) is 11.5 Å². The number of nitrogens with zero attached hydrogens (tertiary/aromatic N) is 2. The van der Waals surface area contributed by atoms with Gasteiger partial charge in [0.25, 0.3) is 0 Å². The van der Waals surface area contributed by atoms with Crippen LogP contribution in [0.3, 0.4) is 0 Å². The molecular formula is C11H14N4. The fourth-order valence-electron chi connectivity index (χ4n) is 1.79. The van der Waals surface area contributed by atoms with Gasteiger partial charge in [0.2, 0.25) is 0 Å². The second kappa shape index (κ2) is 3.24. The second-order valence-corrected chi connectivity index (χ2v) is 4.05. The Morgan fingerprint density at radius 3 is 3.13 bits per heavy atom. The molecule has 3 rings (SSSR count). The Labute approximate surface area is 88.1 Å².